The Morgan fingerprint density at radius 1 is 0.816 bits per heavy atom. The zero-order chi connectivity index (χ0) is 26.1. The van der Waals surface area contributed by atoms with E-state index >= 15 is 0 Å². The highest BCUT2D eigenvalue weighted by Gasteiger charge is 2.39. The predicted molar refractivity (Wildman–Crippen MR) is 140 cm³/mol. The quantitative estimate of drug-likeness (QED) is 0.321. The third-order valence-electron chi connectivity index (χ3n) is 7.07. The van der Waals surface area contributed by atoms with Crippen molar-refractivity contribution in [2.75, 3.05) is 20.7 Å². The van der Waals surface area contributed by atoms with Gasteiger partial charge >= 0.3 is 0 Å². The average Bonchev–Trinajstić information content (AvgIpc) is 3.43. The number of methoxy groups -OCH3 is 1. The van der Waals surface area contributed by atoms with Crippen molar-refractivity contribution < 1.29 is 33.9 Å². The van der Waals surface area contributed by atoms with Gasteiger partial charge in [0.1, 0.15) is 17.6 Å². The summed E-state index contributed by atoms with van der Waals surface area (Å²) in [5.74, 6) is 1.75. The molecule has 194 valence electrons. The smallest absolute Gasteiger partial charge is 0.231 e. The van der Waals surface area contributed by atoms with E-state index in [-0.39, 0.29) is 36.8 Å². The maximum atomic E-state index is 11.8. The third-order valence-corrected chi connectivity index (χ3v) is 7.07. The maximum absolute atomic E-state index is 11.8. The van der Waals surface area contributed by atoms with Crippen LogP contribution in [0.25, 0.3) is 0 Å². The number of benzene rings is 4. The first-order valence-electron chi connectivity index (χ1n) is 12.5. The molecule has 0 aliphatic carbocycles. The summed E-state index contributed by atoms with van der Waals surface area (Å²) in [4.78, 5) is 0. The molecular weight excluding hydrogens is 484 g/mol. The highest BCUT2D eigenvalue weighted by Crippen LogP contribution is 2.57. The van der Waals surface area contributed by atoms with Crippen molar-refractivity contribution in [3.05, 3.63) is 107 Å². The molecule has 0 saturated carbocycles. The van der Waals surface area contributed by atoms with Crippen molar-refractivity contribution in [3.63, 3.8) is 0 Å². The van der Waals surface area contributed by atoms with Crippen molar-refractivity contribution in [3.8, 4) is 34.5 Å². The van der Waals surface area contributed by atoms with Gasteiger partial charge in [-0.15, -0.1) is 0 Å². The Labute approximate surface area is 220 Å². The minimum atomic E-state index is -0.576. The monoisotopic (exact) mass is 512 g/mol. The van der Waals surface area contributed by atoms with Crippen molar-refractivity contribution in [1.29, 1.82) is 0 Å². The fraction of sp³-hybridized carbons (Fsp3) is 0.226. The van der Waals surface area contributed by atoms with E-state index in [4.69, 9.17) is 23.7 Å². The minimum absolute atomic E-state index is 0.00181. The van der Waals surface area contributed by atoms with E-state index in [1.54, 1.807) is 19.2 Å². The van der Waals surface area contributed by atoms with Gasteiger partial charge in [-0.05, 0) is 48.1 Å². The zero-order valence-corrected chi connectivity index (χ0v) is 20.9. The topological polar surface area (TPSA) is 86.6 Å². The van der Waals surface area contributed by atoms with Crippen molar-refractivity contribution in [1.82, 2.24) is 0 Å². The first-order chi connectivity index (χ1) is 18.6. The van der Waals surface area contributed by atoms with Crippen LogP contribution in [0.3, 0.4) is 0 Å². The van der Waals surface area contributed by atoms with Crippen LogP contribution in [0, 0.1) is 0 Å². The standard InChI is InChI=1S/C31H28O7/c1-34-29-26(28-23-12-5-6-13-24(23)35-17-36-28)25(27(33)30-31(29)38-18-37-30)21(14-19-8-3-2-4-9-19)15-20-10-7-11-22(32)16-20/h2-13,16,21,28,32-33H,14-15,17-18H2,1H3. The van der Waals surface area contributed by atoms with Gasteiger partial charge in [-0.2, -0.15) is 0 Å². The second kappa shape index (κ2) is 10.2. The molecule has 0 spiro atoms. The summed E-state index contributed by atoms with van der Waals surface area (Å²) < 4.78 is 29.4. The molecule has 6 rings (SSSR count). The molecule has 2 N–H and O–H groups in total. The second-order valence-electron chi connectivity index (χ2n) is 9.38. The summed E-state index contributed by atoms with van der Waals surface area (Å²) in [6, 6.07) is 25.0. The number of fused-ring (bicyclic) bond motifs is 2. The van der Waals surface area contributed by atoms with E-state index in [2.05, 4.69) is 12.1 Å². The lowest BCUT2D eigenvalue weighted by Crippen LogP contribution is -2.22. The molecule has 4 aromatic carbocycles. The van der Waals surface area contributed by atoms with E-state index in [9.17, 15) is 10.2 Å². The van der Waals surface area contributed by atoms with E-state index < -0.39 is 6.10 Å². The second-order valence-corrected chi connectivity index (χ2v) is 9.38. The highest BCUT2D eigenvalue weighted by molar-refractivity contribution is 5.70. The van der Waals surface area contributed by atoms with Gasteiger partial charge < -0.3 is 33.9 Å². The summed E-state index contributed by atoms with van der Waals surface area (Å²) in [5.41, 5.74) is 4.19. The van der Waals surface area contributed by atoms with Gasteiger partial charge in [0.05, 0.1) is 7.11 Å². The molecule has 38 heavy (non-hydrogen) atoms. The van der Waals surface area contributed by atoms with Gasteiger partial charge in [-0.1, -0.05) is 60.7 Å². The van der Waals surface area contributed by atoms with Crippen molar-refractivity contribution in [2.24, 2.45) is 0 Å². The van der Waals surface area contributed by atoms with Crippen LogP contribution in [0.2, 0.25) is 0 Å². The van der Waals surface area contributed by atoms with Crippen LogP contribution in [0.1, 0.15) is 39.8 Å². The summed E-state index contributed by atoms with van der Waals surface area (Å²) >= 11 is 0. The fourth-order valence-electron chi connectivity index (χ4n) is 5.46. The molecule has 7 heteroatoms. The molecule has 0 radical (unpaired) electrons. The Balaban J connectivity index is 1.58. The Hall–Kier alpha value is -4.36. The number of phenolic OH excluding ortho intramolecular Hbond substituents is 2. The van der Waals surface area contributed by atoms with Crippen LogP contribution < -0.4 is 18.9 Å². The Kier molecular flexibility index (Phi) is 6.43. The molecule has 2 heterocycles. The van der Waals surface area contributed by atoms with Gasteiger partial charge in [0.2, 0.25) is 18.3 Å². The molecule has 2 aliphatic rings. The summed E-state index contributed by atoms with van der Waals surface area (Å²) in [6.45, 7) is 0.0265. The fourth-order valence-corrected chi connectivity index (χ4v) is 5.46. The first kappa shape index (κ1) is 24.0. The number of aromatic hydroxyl groups is 2. The molecule has 0 amide bonds. The van der Waals surface area contributed by atoms with Crippen LogP contribution in [-0.4, -0.2) is 30.9 Å². The number of rotatable bonds is 7. The molecule has 0 fully saturated rings. The van der Waals surface area contributed by atoms with Gasteiger partial charge in [0, 0.05) is 16.7 Å². The number of hydrogen-bond acceptors (Lipinski definition) is 7. The molecule has 0 saturated heterocycles. The van der Waals surface area contributed by atoms with E-state index in [0.29, 0.717) is 41.2 Å². The molecule has 2 atom stereocenters. The lowest BCUT2D eigenvalue weighted by Gasteiger charge is -2.32. The number of phenols is 2. The van der Waals surface area contributed by atoms with Crippen molar-refractivity contribution in [2.45, 2.75) is 24.9 Å². The van der Waals surface area contributed by atoms with E-state index in [0.717, 1.165) is 16.7 Å². The van der Waals surface area contributed by atoms with Crippen LogP contribution >= 0.6 is 0 Å². The average molecular weight is 513 g/mol. The molecule has 0 bridgehead atoms. The van der Waals surface area contributed by atoms with E-state index in [1.165, 1.54) is 0 Å². The first-order valence-corrected chi connectivity index (χ1v) is 12.5. The Morgan fingerprint density at radius 2 is 1.55 bits per heavy atom. The van der Waals surface area contributed by atoms with Crippen LogP contribution in [-0.2, 0) is 17.6 Å². The molecule has 2 aliphatic heterocycles. The normalized spacial score (nSPS) is 16.4. The number of hydrogen-bond donors (Lipinski definition) is 2. The maximum Gasteiger partial charge on any atom is 0.231 e. The third kappa shape index (κ3) is 4.35. The van der Waals surface area contributed by atoms with Gasteiger partial charge in [-0.25, -0.2) is 0 Å². The zero-order valence-electron chi connectivity index (χ0n) is 20.9. The van der Waals surface area contributed by atoms with E-state index in [1.807, 2.05) is 54.6 Å². The number of para-hydroxylation sites is 1. The molecule has 0 aromatic heterocycles. The predicted octanol–water partition coefficient (Wildman–Crippen LogP) is 5.86. The largest absolute Gasteiger partial charge is 0.508 e. The van der Waals surface area contributed by atoms with Gasteiger partial charge in [-0.3, -0.25) is 0 Å². The molecule has 7 nitrogen and oxygen atoms in total. The SMILES string of the molecule is COc1c2c(c(O)c(C(Cc3ccccc3)Cc3cccc(O)c3)c1C1OCOc3ccccc31)OCO2. The molecular formula is C31H28O7. The van der Waals surface area contributed by atoms with Gasteiger partial charge in [0.15, 0.2) is 18.3 Å². The Bertz CT molecular complexity index is 1450. The summed E-state index contributed by atoms with van der Waals surface area (Å²) in [7, 11) is 1.58. The lowest BCUT2D eigenvalue weighted by molar-refractivity contribution is -0.0431. The summed E-state index contributed by atoms with van der Waals surface area (Å²) in [5, 5.41) is 22.0. The van der Waals surface area contributed by atoms with Crippen LogP contribution in [0.4, 0.5) is 0 Å². The minimum Gasteiger partial charge on any atom is -0.508 e. The van der Waals surface area contributed by atoms with Crippen LogP contribution in [0.15, 0.2) is 78.9 Å². The Morgan fingerprint density at radius 3 is 2.37 bits per heavy atom. The lowest BCUT2D eigenvalue weighted by atomic mass is 9.80. The van der Waals surface area contributed by atoms with Crippen LogP contribution in [0.5, 0.6) is 34.5 Å². The van der Waals surface area contributed by atoms with Crippen molar-refractivity contribution >= 4 is 0 Å². The van der Waals surface area contributed by atoms with Gasteiger partial charge in [0.25, 0.3) is 0 Å². The summed E-state index contributed by atoms with van der Waals surface area (Å²) in [6.07, 6.45) is 0.579. The molecule has 2 unspecified atom stereocenters. The highest BCUT2D eigenvalue weighted by atomic mass is 16.7. The molecule has 4 aromatic rings. The number of ether oxygens (including phenoxy) is 5.